The number of likely N-dealkylation sites (tertiary alicyclic amines) is 1. The summed E-state index contributed by atoms with van der Waals surface area (Å²) >= 11 is 0. The fraction of sp³-hybridized carbons (Fsp3) is 1.00. The van der Waals surface area contributed by atoms with Gasteiger partial charge >= 0.3 is 0 Å². The molecular weight excluding hydrogens is 202 g/mol. The van der Waals surface area contributed by atoms with Crippen molar-refractivity contribution in [1.29, 1.82) is 0 Å². The number of aliphatic hydroxyl groups is 1. The van der Waals surface area contributed by atoms with Crippen molar-refractivity contribution < 1.29 is 9.84 Å². The highest BCUT2D eigenvalue weighted by atomic mass is 16.5. The van der Waals surface area contributed by atoms with Crippen LogP contribution in [0.25, 0.3) is 0 Å². The molecule has 0 spiro atoms. The molecule has 0 aromatic heterocycles. The predicted octanol–water partition coefficient (Wildman–Crippen LogP) is 1.79. The van der Waals surface area contributed by atoms with E-state index in [1.54, 1.807) is 0 Å². The molecule has 0 aromatic rings. The average Bonchev–Trinajstić information content (AvgIpc) is 2.38. The second kappa shape index (κ2) is 6.58. The lowest BCUT2D eigenvalue weighted by Crippen LogP contribution is -2.44. The van der Waals surface area contributed by atoms with Crippen LogP contribution in [0, 0.1) is 0 Å². The average molecular weight is 227 g/mol. The van der Waals surface area contributed by atoms with E-state index < -0.39 is 0 Å². The van der Waals surface area contributed by atoms with Crippen LogP contribution in [0.15, 0.2) is 0 Å². The zero-order valence-corrected chi connectivity index (χ0v) is 10.2. The first-order chi connectivity index (χ1) is 7.90. The Morgan fingerprint density at radius 2 is 1.69 bits per heavy atom. The molecule has 1 saturated heterocycles. The number of rotatable bonds is 4. The zero-order chi connectivity index (χ0) is 11.2. The van der Waals surface area contributed by atoms with Gasteiger partial charge in [0.2, 0.25) is 0 Å². The summed E-state index contributed by atoms with van der Waals surface area (Å²) in [6, 6.07) is 0.854. The standard InChI is InChI=1S/C13H25NO2/c15-10-11-16-13-6-8-14(9-7-13)12-4-2-1-3-5-12/h12-13,15H,1-11H2. The van der Waals surface area contributed by atoms with Crippen LogP contribution in [0.1, 0.15) is 44.9 Å². The van der Waals surface area contributed by atoms with E-state index in [9.17, 15) is 0 Å². The lowest BCUT2D eigenvalue weighted by molar-refractivity contribution is -0.0182. The van der Waals surface area contributed by atoms with E-state index in [4.69, 9.17) is 9.84 Å². The molecule has 16 heavy (non-hydrogen) atoms. The number of hydrogen-bond acceptors (Lipinski definition) is 3. The molecule has 0 atom stereocenters. The van der Waals surface area contributed by atoms with Gasteiger partial charge in [-0.25, -0.2) is 0 Å². The van der Waals surface area contributed by atoms with Crippen molar-refractivity contribution >= 4 is 0 Å². The summed E-state index contributed by atoms with van der Waals surface area (Å²) in [6.45, 7) is 3.05. The van der Waals surface area contributed by atoms with Crippen LogP contribution in [0.3, 0.4) is 0 Å². The van der Waals surface area contributed by atoms with Crippen LogP contribution in [0.4, 0.5) is 0 Å². The molecule has 0 bridgehead atoms. The van der Waals surface area contributed by atoms with E-state index in [-0.39, 0.29) is 6.61 Å². The summed E-state index contributed by atoms with van der Waals surface area (Å²) in [5.74, 6) is 0. The van der Waals surface area contributed by atoms with E-state index in [1.165, 1.54) is 45.2 Å². The lowest BCUT2D eigenvalue weighted by Gasteiger charge is -2.39. The normalized spacial score (nSPS) is 26.1. The smallest absolute Gasteiger partial charge is 0.0701 e. The molecule has 2 rings (SSSR count). The van der Waals surface area contributed by atoms with Crippen LogP contribution < -0.4 is 0 Å². The number of ether oxygens (including phenoxy) is 1. The molecule has 0 unspecified atom stereocenters. The molecule has 1 heterocycles. The van der Waals surface area contributed by atoms with Gasteiger partial charge in [0, 0.05) is 19.1 Å². The Morgan fingerprint density at radius 1 is 1.00 bits per heavy atom. The van der Waals surface area contributed by atoms with Gasteiger partial charge in [0.25, 0.3) is 0 Å². The quantitative estimate of drug-likeness (QED) is 0.795. The molecule has 1 N–H and O–H groups in total. The first kappa shape index (κ1) is 12.3. The van der Waals surface area contributed by atoms with Gasteiger partial charge in [0.05, 0.1) is 19.3 Å². The van der Waals surface area contributed by atoms with Gasteiger partial charge in [-0.3, -0.25) is 0 Å². The Hall–Kier alpha value is -0.120. The molecule has 3 nitrogen and oxygen atoms in total. The van der Waals surface area contributed by atoms with Crippen LogP contribution >= 0.6 is 0 Å². The molecule has 0 aromatic carbocycles. The maximum Gasteiger partial charge on any atom is 0.0701 e. The Labute approximate surface area is 98.8 Å². The van der Waals surface area contributed by atoms with Crippen molar-refractivity contribution in [3.63, 3.8) is 0 Å². The molecule has 3 heteroatoms. The molecule has 0 radical (unpaired) electrons. The van der Waals surface area contributed by atoms with Gasteiger partial charge in [-0.15, -0.1) is 0 Å². The maximum absolute atomic E-state index is 8.72. The third-order valence-electron chi connectivity index (χ3n) is 4.01. The summed E-state index contributed by atoms with van der Waals surface area (Å²) in [7, 11) is 0. The predicted molar refractivity (Wildman–Crippen MR) is 64.5 cm³/mol. The Morgan fingerprint density at radius 3 is 2.31 bits per heavy atom. The van der Waals surface area contributed by atoms with Gasteiger partial charge < -0.3 is 14.7 Å². The topological polar surface area (TPSA) is 32.7 Å². The number of aliphatic hydroxyl groups excluding tert-OH is 1. The first-order valence-electron chi connectivity index (χ1n) is 6.86. The minimum atomic E-state index is 0.156. The van der Waals surface area contributed by atoms with Crippen molar-refractivity contribution in [2.45, 2.75) is 57.1 Å². The molecule has 2 aliphatic rings. The van der Waals surface area contributed by atoms with E-state index in [0.29, 0.717) is 12.7 Å². The Kier molecular flexibility index (Phi) is 5.07. The van der Waals surface area contributed by atoms with Crippen LogP contribution in [-0.4, -0.2) is 48.5 Å². The number of nitrogens with zero attached hydrogens (tertiary/aromatic N) is 1. The minimum absolute atomic E-state index is 0.156. The third kappa shape index (κ3) is 3.44. The Balaban J connectivity index is 1.67. The maximum atomic E-state index is 8.72. The molecular formula is C13H25NO2. The molecule has 2 fully saturated rings. The van der Waals surface area contributed by atoms with Crippen molar-refractivity contribution in [3.8, 4) is 0 Å². The van der Waals surface area contributed by atoms with Crippen molar-refractivity contribution in [2.75, 3.05) is 26.3 Å². The third-order valence-corrected chi connectivity index (χ3v) is 4.01. The zero-order valence-electron chi connectivity index (χ0n) is 10.2. The highest BCUT2D eigenvalue weighted by Crippen LogP contribution is 2.25. The van der Waals surface area contributed by atoms with Crippen molar-refractivity contribution in [1.82, 2.24) is 4.90 Å². The van der Waals surface area contributed by atoms with Crippen LogP contribution in [-0.2, 0) is 4.74 Å². The Bertz CT molecular complexity index is 184. The SMILES string of the molecule is OCCOC1CCN(C2CCCCC2)CC1. The molecule has 1 aliphatic heterocycles. The van der Waals surface area contributed by atoms with Gasteiger partial charge in [-0.05, 0) is 25.7 Å². The summed E-state index contributed by atoms with van der Waals surface area (Å²) in [6.07, 6.45) is 9.79. The molecule has 0 amide bonds. The van der Waals surface area contributed by atoms with Gasteiger partial charge in [-0.1, -0.05) is 19.3 Å². The number of hydrogen-bond donors (Lipinski definition) is 1. The summed E-state index contributed by atoms with van der Waals surface area (Å²) in [4.78, 5) is 2.66. The van der Waals surface area contributed by atoms with Crippen molar-refractivity contribution in [3.05, 3.63) is 0 Å². The lowest BCUT2D eigenvalue weighted by atomic mass is 9.92. The van der Waals surface area contributed by atoms with Crippen LogP contribution in [0.2, 0.25) is 0 Å². The van der Waals surface area contributed by atoms with Gasteiger partial charge in [0.15, 0.2) is 0 Å². The highest BCUT2D eigenvalue weighted by molar-refractivity contribution is 4.81. The van der Waals surface area contributed by atoms with E-state index in [1.807, 2.05) is 0 Å². The van der Waals surface area contributed by atoms with Crippen molar-refractivity contribution in [2.24, 2.45) is 0 Å². The second-order valence-corrected chi connectivity index (χ2v) is 5.12. The fourth-order valence-corrected chi connectivity index (χ4v) is 3.07. The highest BCUT2D eigenvalue weighted by Gasteiger charge is 2.26. The van der Waals surface area contributed by atoms with E-state index in [2.05, 4.69) is 4.90 Å². The summed E-state index contributed by atoms with van der Waals surface area (Å²) in [5.41, 5.74) is 0. The van der Waals surface area contributed by atoms with Gasteiger partial charge in [-0.2, -0.15) is 0 Å². The fourth-order valence-electron chi connectivity index (χ4n) is 3.07. The first-order valence-corrected chi connectivity index (χ1v) is 6.86. The van der Waals surface area contributed by atoms with E-state index in [0.717, 1.165) is 18.9 Å². The number of piperidine rings is 1. The summed E-state index contributed by atoms with van der Waals surface area (Å²) < 4.78 is 5.59. The molecule has 94 valence electrons. The molecule has 1 saturated carbocycles. The second-order valence-electron chi connectivity index (χ2n) is 5.12. The van der Waals surface area contributed by atoms with Crippen LogP contribution in [0.5, 0.6) is 0 Å². The van der Waals surface area contributed by atoms with E-state index >= 15 is 0 Å². The minimum Gasteiger partial charge on any atom is -0.394 e. The van der Waals surface area contributed by atoms with Gasteiger partial charge in [0.1, 0.15) is 0 Å². The largest absolute Gasteiger partial charge is 0.394 e. The monoisotopic (exact) mass is 227 g/mol. The summed E-state index contributed by atoms with van der Waals surface area (Å²) in [5, 5.41) is 8.72. The molecule has 1 aliphatic carbocycles.